The van der Waals surface area contributed by atoms with Crippen molar-refractivity contribution in [3.63, 3.8) is 0 Å². The molecule has 0 saturated heterocycles. The molecule has 0 aliphatic heterocycles. The van der Waals surface area contributed by atoms with E-state index in [0.717, 1.165) is 24.0 Å². The standard InChI is InChI=1S/C17H20O/c1-4-14-12(3)16(11-17(18)15(14)5-2)13-9-7-6-8-10-13/h6-11,18H,4-5H2,1-3H3. The van der Waals surface area contributed by atoms with Crippen LogP contribution in [0.5, 0.6) is 5.75 Å². The molecule has 0 aliphatic carbocycles. The summed E-state index contributed by atoms with van der Waals surface area (Å²) in [7, 11) is 0. The SMILES string of the molecule is CCc1c(O)cc(-c2ccccc2)c(C)c1CC. The number of aromatic hydroxyl groups is 1. The molecule has 0 bridgehead atoms. The predicted octanol–water partition coefficient (Wildman–Crippen LogP) is 4.49. The smallest absolute Gasteiger partial charge is 0.119 e. The average Bonchev–Trinajstić information content (AvgIpc) is 2.41. The van der Waals surface area contributed by atoms with Crippen molar-refractivity contribution in [3.8, 4) is 16.9 Å². The van der Waals surface area contributed by atoms with Crippen molar-refractivity contribution in [3.05, 3.63) is 53.1 Å². The Morgan fingerprint density at radius 1 is 0.944 bits per heavy atom. The van der Waals surface area contributed by atoms with Crippen molar-refractivity contribution in [1.29, 1.82) is 0 Å². The van der Waals surface area contributed by atoms with E-state index in [1.54, 1.807) is 0 Å². The van der Waals surface area contributed by atoms with Crippen LogP contribution in [0.25, 0.3) is 11.1 Å². The van der Waals surface area contributed by atoms with E-state index in [9.17, 15) is 5.11 Å². The van der Waals surface area contributed by atoms with E-state index >= 15 is 0 Å². The Morgan fingerprint density at radius 2 is 1.56 bits per heavy atom. The third-order valence-electron chi connectivity index (χ3n) is 3.60. The molecule has 0 atom stereocenters. The van der Waals surface area contributed by atoms with Crippen molar-refractivity contribution in [2.45, 2.75) is 33.6 Å². The summed E-state index contributed by atoms with van der Waals surface area (Å²) in [6, 6.07) is 12.2. The van der Waals surface area contributed by atoms with Gasteiger partial charge in [-0.1, -0.05) is 44.2 Å². The Bertz CT molecular complexity index is 541. The van der Waals surface area contributed by atoms with Crippen LogP contribution in [-0.2, 0) is 12.8 Å². The van der Waals surface area contributed by atoms with E-state index in [4.69, 9.17) is 0 Å². The fraction of sp³-hybridized carbons (Fsp3) is 0.294. The molecule has 0 fully saturated rings. The van der Waals surface area contributed by atoms with Crippen LogP contribution >= 0.6 is 0 Å². The summed E-state index contributed by atoms with van der Waals surface area (Å²) in [5.74, 6) is 0.429. The first kappa shape index (κ1) is 12.7. The first-order valence-corrected chi connectivity index (χ1v) is 6.58. The summed E-state index contributed by atoms with van der Waals surface area (Å²) < 4.78 is 0. The van der Waals surface area contributed by atoms with E-state index < -0.39 is 0 Å². The molecule has 2 rings (SSSR count). The van der Waals surface area contributed by atoms with E-state index in [1.165, 1.54) is 16.7 Å². The number of hydrogen-bond acceptors (Lipinski definition) is 1. The highest BCUT2D eigenvalue weighted by atomic mass is 16.3. The summed E-state index contributed by atoms with van der Waals surface area (Å²) in [6.07, 6.45) is 1.84. The fourth-order valence-electron chi connectivity index (χ4n) is 2.67. The molecule has 1 N–H and O–H groups in total. The van der Waals surface area contributed by atoms with Crippen molar-refractivity contribution in [1.82, 2.24) is 0 Å². The summed E-state index contributed by atoms with van der Waals surface area (Å²) in [5.41, 5.74) is 5.98. The van der Waals surface area contributed by atoms with Crippen molar-refractivity contribution in [2.75, 3.05) is 0 Å². The highest BCUT2D eigenvalue weighted by Gasteiger charge is 2.13. The second-order valence-electron chi connectivity index (χ2n) is 4.60. The van der Waals surface area contributed by atoms with Gasteiger partial charge < -0.3 is 5.11 Å². The molecule has 2 aromatic carbocycles. The van der Waals surface area contributed by atoms with Gasteiger partial charge in [0, 0.05) is 0 Å². The van der Waals surface area contributed by atoms with Gasteiger partial charge in [0.05, 0.1) is 0 Å². The largest absolute Gasteiger partial charge is 0.508 e. The summed E-state index contributed by atoms with van der Waals surface area (Å²) in [6.45, 7) is 6.39. The van der Waals surface area contributed by atoms with Crippen molar-refractivity contribution < 1.29 is 5.11 Å². The topological polar surface area (TPSA) is 20.2 Å². The molecule has 0 saturated carbocycles. The molecule has 94 valence electrons. The Morgan fingerprint density at radius 3 is 2.11 bits per heavy atom. The Balaban J connectivity index is 2.67. The number of rotatable bonds is 3. The molecule has 18 heavy (non-hydrogen) atoms. The third kappa shape index (κ3) is 2.13. The third-order valence-corrected chi connectivity index (χ3v) is 3.60. The molecular weight excluding hydrogens is 220 g/mol. The van der Waals surface area contributed by atoms with Gasteiger partial charge in [-0.15, -0.1) is 0 Å². The molecule has 0 radical (unpaired) electrons. The van der Waals surface area contributed by atoms with Gasteiger partial charge in [0.25, 0.3) is 0 Å². The molecule has 0 amide bonds. The molecular formula is C17H20O. The number of phenolic OH excluding ortho intramolecular Hbond substituents is 1. The van der Waals surface area contributed by atoms with Crippen LogP contribution in [0.15, 0.2) is 36.4 Å². The maximum atomic E-state index is 10.2. The van der Waals surface area contributed by atoms with Crippen LogP contribution in [0.3, 0.4) is 0 Å². The van der Waals surface area contributed by atoms with Gasteiger partial charge in [0.1, 0.15) is 5.75 Å². The lowest BCUT2D eigenvalue weighted by Gasteiger charge is -2.16. The van der Waals surface area contributed by atoms with Crippen LogP contribution in [0.2, 0.25) is 0 Å². The fourth-order valence-corrected chi connectivity index (χ4v) is 2.67. The van der Waals surface area contributed by atoms with Crippen molar-refractivity contribution >= 4 is 0 Å². The summed E-state index contributed by atoms with van der Waals surface area (Å²) in [4.78, 5) is 0. The van der Waals surface area contributed by atoms with E-state index in [-0.39, 0.29) is 0 Å². The minimum atomic E-state index is 0.429. The second kappa shape index (κ2) is 5.26. The summed E-state index contributed by atoms with van der Waals surface area (Å²) >= 11 is 0. The van der Waals surface area contributed by atoms with Crippen LogP contribution in [0, 0.1) is 6.92 Å². The van der Waals surface area contributed by atoms with Crippen LogP contribution < -0.4 is 0 Å². The Kier molecular flexibility index (Phi) is 3.71. The minimum absolute atomic E-state index is 0.429. The number of phenols is 1. The average molecular weight is 240 g/mol. The van der Waals surface area contributed by atoms with E-state index in [0.29, 0.717) is 5.75 Å². The van der Waals surface area contributed by atoms with Crippen molar-refractivity contribution in [2.24, 2.45) is 0 Å². The van der Waals surface area contributed by atoms with Gasteiger partial charge in [-0.2, -0.15) is 0 Å². The molecule has 0 aromatic heterocycles. The number of hydrogen-bond donors (Lipinski definition) is 1. The van der Waals surface area contributed by atoms with Gasteiger partial charge >= 0.3 is 0 Å². The molecule has 1 heteroatoms. The molecule has 0 spiro atoms. The van der Waals surface area contributed by atoms with Gasteiger partial charge in [0.2, 0.25) is 0 Å². The van der Waals surface area contributed by atoms with Gasteiger partial charge in [-0.25, -0.2) is 0 Å². The minimum Gasteiger partial charge on any atom is -0.508 e. The van der Waals surface area contributed by atoms with Crippen LogP contribution in [0.4, 0.5) is 0 Å². The zero-order chi connectivity index (χ0) is 13.1. The maximum absolute atomic E-state index is 10.2. The first-order valence-electron chi connectivity index (χ1n) is 6.58. The lowest BCUT2D eigenvalue weighted by Crippen LogP contribution is -1.98. The lowest BCUT2D eigenvalue weighted by molar-refractivity contribution is 0.468. The molecule has 0 unspecified atom stereocenters. The maximum Gasteiger partial charge on any atom is 0.119 e. The molecule has 0 heterocycles. The van der Waals surface area contributed by atoms with Crippen LogP contribution in [0.1, 0.15) is 30.5 Å². The Hall–Kier alpha value is -1.76. The molecule has 0 aliphatic rings. The monoisotopic (exact) mass is 240 g/mol. The van der Waals surface area contributed by atoms with E-state index in [1.807, 2.05) is 24.3 Å². The molecule has 2 aromatic rings. The van der Waals surface area contributed by atoms with Gasteiger partial charge in [-0.3, -0.25) is 0 Å². The van der Waals surface area contributed by atoms with Gasteiger partial charge in [-0.05, 0) is 53.6 Å². The summed E-state index contributed by atoms with van der Waals surface area (Å²) in [5, 5.41) is 10.2. The highest BCUT2D eigenvalue weighted by Crippen LogP contribution is 2.34. The zero-order valence-electron chi connectivity index (χ0n) is 11.3. The molecule has 1 nitrogen and oxygen atoms in total. The first-order chi connectivity index (χ1) is 8.69. The predicted molar refractivity (Wildman–Crippen MR) is 77.0 cm³/mol. The number of benzene rings is 2. The lowest BCUT2D eigenvalue weighted by atomic mass is 9.90. The normalized spacial score (nSPS) is 10.6. The van der Waals surface area contributed by atoms with Gasteiger partial charge in [0.15, 0.2) is 0 Å². The second-order valence-corrected chi connectivity index (χ2v) is 4.60. The highest BCUT2D eigenvalue weighted by molar-refractivity contribution is 5.71. The zero-order valence-corrected chi connectivity index (χ0v) is 11.3. The van der Waals surface area contributed by atoms with E-state index in [2.05, 4.69) is 32.9 Å². The van der Waals surface area contributed by atoms with Crippen LogP contribution in [-0.4, -0.2) is 5.11 Å². The quantitative estimate of drug-likeness (QED) is 0.838. The Labute approximate surface area is 109 Å².